The van der Waals surface area contributed by atoms with Gasteiger partial charge in [0.1, 0.15) is 0 Å². The Morgan fingerprint density at radius 3 is 2.88 bits per heavy atom. The van der Waals surface area contributed by atoms with Crippen molar-refractivity contribution in [2.75, 3.05) is 19.8 Å². The summed E-state index contributed by atoms with van der Waals surface area (Å²) in [5.41, 5.74) is 5.75. The Bertz CT molecular complexity index is 282. The fourth-order valence-corrected chi connectivity index (χ4v) is 2.82. The molecule has 1 aliphatic carbocycles. The number of hydrogen-bond acceptors (Lipinski definition) is 3. The first kappa shape index (κ1) is 11.9. The predicted molar refractivity (Wildman–Crippen MR) is 61.9 cm³/mol. The van der Waals surface area contributed by atoms with Crippen molar-refractivity contribution < 1.29 is 9.53 Å². The maximum atomic E-state index is 12.5. The second-order valence-corrected chi connectivity index (χ2v) is 5.34. The van der Waals surface area contributed by atoms with Crippen LogP contribution in [0.15, 0.2) is 0 Å². The lowest BCUT2D eigenvalue weighted by Gasteiger charge is -2.40. The van der Waals surface area contributed by atoms with Gasteiger partial charge in [-0.3, -0.25) is 4.79 Å². The van der Waals surface area contributed by atoms with Crippen LogP contribution in [0.3, 0.4) is 0 Å². The Morgan fingerprint density at radius 2 is 2.31 bits per heavy atom. The molecule has 3 atom stereocenters. The minimum atomic E-state index is -0.342. The topological polar surface area (TPSA) is 55.6 Å². The van der Waals surface area contributed by atoms with Crippen LogP contribution in [0, 0.1) is 5.41 Å². The first-order valence-corrected chi connectivity index (χ1v) is 6.20. The van der Waals surface area contributed by atoms with Crippen molar-refractivity contribution in [3.63, 3.8) is 0 Å². The third-order valence-electron chi connectivity index (χ3n) is 4.15. The maximum Gasteiger partial charge on any atom is 0.230 e. The first-order chi connectivity index (χ1) is 7.55. The van der Waals surface area contributed by atoms with E-state index in [1.54, 1.807) is 0 Å². The van der Waals surface area contributed by atoms with Gasteiger partial charge in [0.2, 0.25) is 5.91 Å². The quantitative estimate of drug-likeness (QED) is 0.718. The lowest BCUT2D eigenvalue weighted by atomic mass is 9.83. The molecule has 1 saturated heterocycles. The number of nitrogens with two attached hydrogens (primary N) is 1. The van der Waals surface area contributed by atoms with Crippen molar-refractivity contribution in [2.24, 2.45) is 11.1 Å². The number of ether oxygens (including phenoxy) is 1. The van der Waals surface area contributed by atoms with Crippen molar-refractivity contribution in [2.45, 2.75) is 45.2 Å². The molecule has 4 heteroatoms. The van der Waals surface area contributed by atoms with Gasteiger partial charge in [-0.05, 0) is 26.7 Å². The number of carbonyl (C=O) groups is 1. The van der Waals surface area contributed by atoms with Gasteiger partial charge in [-0.25, -0.2) is 0 Å². The van der Waals surface area contributed by atoms with Crippen molar-refractivity contribution in [3.05, 3.63) is 0 Å². The molecule has 2 fully saturated rings. The van der Waals surface area contributed by atoms with Gasteiger partial charge >= 0.3 is 0 Å². The van der Waals surface area contributed by atoms with E-state index in [1.165, 1.54) is 0 Å². The monoisotopic (exact) mass is 226 g/mol. The van der Waals surface area contributed by atoms with Crippen LogP contribution >= 0.6 is 0 Å². The third-order valence-corrected chi connectivity index (χ3v) is 4.15. The molecule has 0 aromatic carbocycles. The fourth-order valence-electron chi connectivity index (χ4n) is 2.82. The van der Waals surface area contributed by atoms with Crippen LogP contribution in [0.4, 0.5) is 0 Å². The molecule has 1 saturated carbocycles. The minimum absolute atomic E-state index is 0.0232. The van der Waals surface area contributed by atoms with Gasteiger partial charge in [0.05, 0.1) is 24.7 Å². The standard InChI is InChI=1S/C12H22N2O2/c1-9-8-16-7-6-14(9)11(15)12(2)5-3-4-10(12)13/h9-10H,3-8,13H2,1-2H3. The Morgan fingerprint density at radius 1 is 1.56 bits per heavy atom. The molecule has 92 valence electrons. The van der Waals surface area contributed by atoms with Gasteiger partial charge in [0.15, 0.2) is 0 Å². The third kappa shape index (κ3) is 1.84. The predicted octanol–water partition coefficient (Wildman–Crippen LogP) is 0.751. The van der Waals surface area contributed by atoms with E-state index in [9.17, 15) is 4.79 Å². The second kappa shape index (κ2) is 4.34. The zero-order chi connectivity index (χ0) is 11.8. The summed E-state index contributed by atoms with van der Waals surface area (Å²) >= 11 is 0. The largest absolute Gasteiger partial charge is 0.377 e. The number of morpholine rings is 1. The molecule has 2 N–H and O–H groups in total. The summed E-state index contributed by atoms with van der Waals surface area (Å²) in [5, 5.41) is 0. The summed E-state index contributed by atoms with van der Waals surface area (Å²) in [6.45, 7) is 6.08. The lowest BCUT2D eigenvalue weighted by molar-refractivity contribution is -0.149. The molecule has 0 radical (unpaired) electrons. The van der Waals surface area contributed by atoms with Crippen molar-refractivity contribution in [1.82, 2.24) is 4.90 Å². The molecule has 2 rings (SSSR count). The zero-order valence-electron chi connectivity index (χ0n) is 10.2. The molecule has 2 aliphatic rings. The van der Waals surface area contributed by atoms with Gasteiger partial charge in [-0.2, -0.15) is 0 Å². The summed E-state index contributed by atoms with van der Waals surface area (Å²) in [4.78, 5) is 14.5. The highest BCUT2D eigenvalue weighted by atomic mass is 16.5. The van der Waals surface area contributed by atoms with E-state index in [1.807, 2.05) is 18.7 Å². The van der Waals surface area contributed by atoms with E-state index >= 15 is 0 Å². The summed E-state index contributed by atoms with van der Waals surface area (Å²) < 4.78 is 5.36. The maximum absolute atomic E-state index is 12.5. The normalized spacial score (nSPS) is 40.1. The molecule has 3 unspecified atom stereocenters. The molecule has 0 spiro atoms. The lowest BCUT2D eigenvalue weighted by Crippen LogP contribution is -2.55. The van der Waals surface area contributed by atoms with Crippen LogP contribution in [0.25, 0.3) is 0 Å². The molecule has 4 nitrogen and oxygen atoms in total. The summed E-state index contributed by atoms with van der Waals surface area (Å²) in [5.74, 6) is 0.230. The minimum Gasteiger partial charge on any atom is -0.377 e. The first-order valence-electron chi connectivity index (χ1n) is 6.20. The summed E-state index contributed by atoms with van der Waals surface area (Å²) in [7, 11) is 0. The average molecular weight is 226 g/mol. The van der Waals surface area contributed by atoms with E-state index in [0.717, 1.165) is 19.3 Å². The molecule has 16 heavy (non-hydrogen) atoms. The average Bonchev–Trinajstić information content (AvgIpc) is 2.60. The smallest absolute Gasteiger partial charge is 0.230 e. The molecular weight excluding hydrogens is 204 g/mol. The van der Waals surface area contributed by atoms with Gasteiger partial charge < -0.3 is 15.4 Å². The van der Waals surface area contributed by atoms with E-state index in [0.29, 0.717) is 19.8 Å². The highest BCUT2D eigenvalue weighted by Crippen LogP contribution is 2.38. The van der Waals surface area contributed by atoms with E-state index in [4.69, 9.17) is 10.5 Å². The Kier molecular flexibility index (Phi) is 3.22. The van der Waals surface area contributed by atoms with Crippen LogP contribution in [-0.2, 0) is 9.53 Å². The number of nitrogens with zero attached hydrogens (tertiary/aromatic N) is 1. The fraction of sp³-hybridized carbons (Fsp3) is 0.917. The molecule has 0 aromatic rings. The number of hydrogen-bond donors (Lipinski definition) is 1. The van der Waals surface area contributed by atoms with Gasteiger partial charge in [0, 0.05) is 12.6 Å². The zero-order valence-corrected chi connectivity index (χ0v) is 10.2. The molecule has 0 aromatic heterocycles. The van der Waals surface area contributed by atoms with Crippen LogP contribution in [0.2, 0.25) is 0 Å². The Hall–Kier alpha value is -0.610. The van der Waals surface area contributed by atoms with Gasteiger partial charge in [-0.1, -0.05) is 6.42 Å². The SMILES string of the molecule is CC1COCCN1C(=O)C1(C)CCCC1N. The summed E-state index contributed by atoms with van der Waals surface area (Å²) in [6.07, 6.45) is 2.97. The molecule has 1 amide bonds. The number of rotatable bonds is 1. The number of carbonyl (C=O) groups excluding carboxylic acids is 1. The van der Waals surface area contributed by atoms with Crippen molar-refractivity contribution >= 4 is 5.91 Å². The summed E-state index contributed by atoms with van der Waals surface area (Å²) in [6, 6.07) is 0.209. The van der Waals surface area contributed by atoms with Crippen molar-refractivity contribution in [1.29, 1.82) is 0 Å². The molecular formula is C12H22N2O2. The van der Waals surface area contributed by atoms with E-state index in [2.05, 4.69) is 0 Å². The molecule has 0 bridgehead atoms. The van der Waals surface area contributed by atoms with Gasteiger partial charge in [-0.15, -0.1) is 0 Å². The van der Waals surface area contributed by atoms with Crippen LogP contribution in [-0.4, -0.2) is 42.6 Å². The highest BCUT2D eigenvalue weighted by molar-refractivity contribution is 5.84. The van der Waals surface area contributed by atoms with Crippen LogP contribution in [0.5, 0.6) is 0 Å². The second-order valence-electron chi connectivity index (χ2n) is 5.34. The van der Waals surface area contributed by atoms with Crippen LogP contribution in [0.1, 0.15) is 33.1 Å². The number of amides is 1. The van der Waals surface area contributed by atoms with Crippen molar-refractivity contribution in [3.8, 4) is 0 Å². The highest BCUT2D eigenvalue weighted by Gasteiger charge is 2.46. The van der Waals surface area contributed by atoms with E-state index in [-0.39, 0.29) is 23.4 Å². The molecule has 1 heterocycles. The van der Waals surface area contributed by atoms with Gasteiger partial charge in [0.25, 0.3) is 0 Å². The Balaban J connectivity index is 2.11. The molecule has 1 aliphatic heterocycles. The van der Waals surface area contributed by atoms with Crippen LogP contribution < -0.4 is 5.73 Å². The Labute approximate surface area is 97.1 Å². The van der Waals surface area contributed by atoms with E-state index < -0.39 is 0 Å².